The SMILES string of the molecule is Cc1ccc(C)c(C2CNC(=O)C23CCNCC3)c1. The number of piperidine rings is 1. The van der Waals surface area contributed by atoms with Crippen LogP contribution in [0.5, 0.6) is 0 Å². The summed E-state index contributed by atoms with van der Waals surface area (Å²) in [4.78, 5) is 12.4. The van der Waals surface area contributed by atoms with Gasteiger partial charge in [0.15, 0.2) is 0 Å². The van der Waals surface area contributed by atoms with E-state index in [-0.39, 0.29) is 11.3 Å². The number of carbonyl (C=O) groups is 1. The Kier molecular flexibility index (Phi) is 3.09. The molecule has 0 radical (unpaired) electrons. The molecule has 19 heavy (non-hydrogen) atoms. The third-order valence-electron chi connectivity index (χ3n) is 4.89. The van der Waals surface area contributed by atoms with Gasteiger partial charge in [-0.1, -0.05) is 23.8 Å². The van der Waals surface area contributed by atoms with Gasteiger partial charge in [-0.15, -0.1) is 0 Å². The van der Waals surface area contributed by atoms with E-state index in [0.717, 1.165) is 32.5 Å². The summed E-state index contributed by atoms with van der Waals surface area (Å²) in [6.07, 6.45) is 1.91. The first-order valence-corrected chi connectivity index (χ1v) is 7.20. The van der Waals surface area contributed by atoms with Gasteiger partial charge in [-0.25, -0.2) is 0 Å². The first-order chi connectivity index (χ1) is 9.13. The van der Waals surface area contributed by atoms with E-state index < -0.39 is 0 Å². The van der Waals surface area contributed by atoms with Gasteiger partial charge in [-0.2, -0.15) is 0 Å². The molecule has 1 atom stereocenters. The first kappa shape index (κ1) is 12.7. The van der Waals surface area contributed by atoms with Crippen molar-refractivity contribution in [2.45, 2.75) is 32.6 Å². The summed E-state index contributed by atoms with van der Waals surface area (Å²) in [5, 5.41) is 6.48. The molecule has 1 aromatic rings. The van der Waals surface area contributed by atoms with Gasteiger partial charge in [-0.3, -0.25) is 4.79 Å². The second-order valence-corrected chi connectivity index (χ2v) is 6.03. The van der Waals surface area contributed by atoms with Gasteiger partial charge < -0.3 is 10.6 Å². The van der Waals surface area contributed by atoms with Gasteiger partial charge in [0.1, 0.15) is 0 Å². The lowest BCUT2D eigenvalue weighted by atomic mass is 9.67. The minimum Gasteiger partial charge on any atom is -0.355 e. The summed E-state index contributed by atoms with van der Waals surface area (Å²) in [5.74, 6) is 0.599. The van der Waals surface area contributed by atoms with Gasteiger partial charge in [0.25, 0.3) is 0 Å². The van der Waals surface area contributed by atoms with E-state index in [2.05, 4.69) is 42.7 Å². The van der Waals surface area contributed by atoms with Crippen molar-refractivity contribution in [3.05, 3.63) is 34.9 Å². The molecule has 2 heterocycles. The van der Waals surface area contributed by atoms with Crippen LogP contribution in [0.15, 0.2) is 18.2 Å². The number of rotatable bonds is 1. The minimum absolute atomic E-state index is 0.177. The average Bonchev–Trinajstić information content (AvgIpc) is 2.71. The Morgan fingerprint density at radius 3 is 2.68 bits per heavy atom. The zero-order valence-electron chi connectivity index (χ0n) is 11.8. The minimum atomic E-state index is -0.177. The number of hydrogen-bond donors (Lipinski definition) is 2. The number of hydrogen-bond acceptors (Lipinski definition) is 2. The predicted octanol–water partition coefficient (Wildman–Crippen LogP) is 1.89. The van der Waals surface area contributed by atoms with Crippen molar-refractivity contribution in [3.8, 4) is 0 Å². The van der Waals surface area contributed by atoms with Crippen molar-refractivity contribution in [3.63, 3.8) is 0 Å². The Morgan fingerprint density at radius 1 is 1.21 bits per heavy atom. The van der Waals surface area contributed by atoms with Crippen molar-refractivity contribution in [1.29, 1.82) is 0 Å². The van der Waals surface area contributed by atoms with E-state index in [1.165, 1.54) is 16.7 Å². The zero-order valence-corrected chi connectivity index (χ0v) is 11.8. The Bertz CT molecular complexity index is 503. The largest absolute Gasteiger partial charge is 0.355 e. The van der Waals surface area contributed by atoms with Crippen molar-refractivity contribution < 1.29 is 4.79 Å². The quantitative estimate of drug-likeness (QED) is 0.807. The summed E-state index contributed by atoms with van der Waals surface area (Å²) in [5.41, 5.74) is 3.78. The maximum Gasteiger partial charge on any atom is 0.227 e. The summed E-state index contributed by atoms with van der Waals surface area (Å²) in [6, 6.07) is 6.60. The lowest BCUT2D eigenvalue weighted by molar-refractivity contribution is -0.129. The number of benzene rings is 1. The first-order valence-electron chi connectivity index (χ1n) is 7.20. The molecule has 0 saturated carbocycles. The molecule has 1 aromatic carbocycles. The fraction of sp³-hybridized carbons (Fsp3) is 0.562. The molecule has 2 aliphatic heterocycles. The highest BCUT2D eigenvalue weighted by Crippen LogP contribution is 2.47. The van der Waals surface area contributed by atoms with Gasteiger partial charge in [0.2, 0.25) is 5.91 Å². The number of aryl methyl sites for hydroxylation is 2. The fourth-order valence-corrected chi connectivity index (χ4v) is 3.72. The number of nitrogens with one attached hydrogen (secondary N) is 2. The molecule has 1 unspecified atom stereocenters. The molecule has 2 saturated heterocycles. The lowest BCUT2D eigenvalue weighted by Gasteiger charge is -2.37. The molecule has 0 aliphatic carbocycles. The van der Waals surface area contributed by atoms with E-state index in [4.69, 9.17) is 0 Å². The van der Waals surface area contributed by atoms with Crippen LogP contribution in [0.3, 0.4) is 0 Å². The topological polar surface area (TPSA) is 41.1 Å². The van der Waals surface area contributed by atoms with Crippen LogP contribution in [0, 0.1) is 19.3 Å². The fourth-order valence-electron chi connectivity index (χ4n) is 3.72. The van der Waals surface area contributed by atoms with Crippen LogP contribution in [0.4, 0.5) is 0 Å². The van der Waals surface area contributed by atoms with Crippen LogP contribution >= 0.6 is 0 Å². The van der Waals surface area contributed by atoms with E-state index in [9.17, 15) is 4.79 Å². The second kappa shape index (κ2) is 4.64. The molecular weight excluding hydrogens is 236 g/mol. The van der Waals surface area contributed by atoms with Crippen molar-refractivity contribution >= 4 is 5.91 Å². The maximum absolute atomic E-state index is 12.4. The van der Waals surface area contributed by atoms with Crippen LogP contribution in [0.1, 0.15) is 35.4 Å². The molecular formula is C16H22N2O. The highest BCUT2D eigenvalue weighted by molar-refractivity contribution is 5.86. The molecule has 3 heteroatoms. The Balaban J connectivity index is 2.03. The van der Waals surface area contributed by atoms with Crippen molar-refractivity contribution in [2.75, 3.05) is 19.6 Å². The molecule has 1 amide bonds. The lowest BCUT2D eigenvalue weighted by Crippen LogP contribution is -2.44. The highest BCUT2D eigenvalue weighted by atomic mass is 16.2. The van der Waals surface area contributed by atoms with E-state index in [1.54, 1.807) is 0 Å². The third-order valence-corrected chi connectivity index (χ3v) is 4.89. The monoisotopic (exact) mass is 258 g/mol. The second-order valence-electron chi connectivity index (χ2n) is 6.03. The Hall–Kier alpha value is -1.35. The van der Waals surface area contributed by atoms with Gasteiger partial charge in [-0.05, 0) is 50.9 Å². The molecule has 1 spiro atoms. The summed E-state index contributed by atoms with van der Waals surface area (Å²) in [6.45, 7) is 6.99. The molecule has 2 aliphatic rings. The third kappa shape index (κ3) is 1.96. The van der Waals surface area contributed by atoms with Gasteiger partial charge >= 0.3 is 0 Å². The van der Waals surface area contributed by atoms with E-state index in [1.807, 2.05) is 0 Å². The molecule has 2 N–H and O–H groups in total. The van der Waals surface area contributed by atoms with Crippen LogP contribution in [-0.4, -0.2) is 25.5 Å². The van der Waals surface area contributed by atoms with Gasteiger partial charge in [0, 0.05) is 12.5 Å². The molecule has 3 rings (SSSR count). The summed E-state index contributed by atoms with van der Waals surface area (Å²) in [7, 11) is 0. The number of amides is 1. The maximum atomic E-state index is 12.4. The van der Waals surface area contributed by atoms with Crippen LogP contribution in [0.25, 0.3) is 0 Å². The normalized spacial score (nSPS) is 25.6. The highest BCUT2D eigenvalue weighted by Gasteiger charge is 2.51. The molecule has 102 valence electrons. The number of carbonyl (C=O) groups excluding carboxylic acids is 1. The molecule has 0 aromatic heterocycles. The zero-order chi connectivity index (χ0) is 13.5. The molecule has 3 nitrogen and oxygen atoms in total. The summed E-state index contributed by atoms with van der Waals surface area (Å²) < 4.78 is 0. The van der Waals surface area contributed by atoms with Crippen LogP contribution in [-0.2, 0) is 4.79 Å². The van der Waals surface area contributed by atoms with Crippen LogP contribution < -0.4 is 10.6 Å². The Labute approximate surface area is 114 Å². The molecule has 0 bridgehead atoms. The predicted molar refractivity (Wildman–Crippen MR) is 76.2 cm³/mol. The van der Waals surface area contributed by atoms with Crippen LogP contribution in [0.2, 0.25) is 0 Å². The standard InChI is InChI=1S/C16H22N2O/c1-11-3-4-12(2)13(9-11)14-10-18-15(19)16(14)5-7-17-8-6-16/h3-4,9,14,17H,5-8,10H2,1-2H3,(H,18,19). The smallest absolute Gasteiger partial charge is 0.227 e. The van der Waals surface area contributed by atoms with Gasteiger partial charge in [0.05, 0.1) is 5.41 Å². The summed E-state index contributed by atoms with van der Waals surface area (Å²) >= 11 is 0. The van der Waals surface area contributed by atoms with Crippen molar-refractivity contribution in [1.82, 2.24) is 10.6 Å². The van der Waals surface area contributed by atoms with E-state index >= 15 is 0 Å². The Morgan fingerprint density at radius 2 is 1.95 bits per heavy atom. The van der Waals surface area contributed by atoms with Crippen molar-refractivity contribution in [2.24, 2.45) is 5.41 Å². The molecule has 2 fully saturated rings. The van der Waals surface area contributed by atoms with E-state index in [0.29, 0.717) is 5.92 Å². The average molecular weight is 258 g/mol.